The highest BCUT2D eigenvalue weighted by molar-refractivity contribution is 7.90. The van der Waals surface area contributed by atoms with E-state index in [9.17, 15) is 13.2 Å². The van der Waals surface area contributed by atoms with E-state index in [0.29, 0.717) is 13.0 Å². The molecular formula is C12H16N2O3S. The first-order valence-electron chi connectivity index (χ1n) is 5.71. The topological polar surface area (TPSA) is 80.5 Å². The van der Waals surface area contributed by atoms with Gasteiger partial charge in [-0.25, -0.2) is 12.7 Å². The van der Waals surface area contributed by atoms with Crippen molar-refractivity contribution in [2.24, 2.45) is 5.73 Å². The van der Waals surface area contributed by atoms with Gasteiger partial charge >= 0.3 is 0 Å². The predicted molar refractivity (Wildman–Crippen MR) is 67.5 cm³/mol. The van der Waals surface area contributed by atoms with Crippen molar-refractivity contribution in [3.8, 4) is 0 Å². The second-order valence-corrected chi connectivity index (χ2v) is 6.68. The Morgan fingerprint density at radius 2 is 1.89 bits per heavy atom. The van der Waals surface area contributed by atoms with E-state index in [-0.39, 0.29) is 10.5 Å². The van der Waals surface area contributed by atoms with Gasteiger partial charge in [0.15, 0.2) is 0 Å². The summed E-state index contributed by atoms with van der Waals surface area (Å²) < 4.78 is 25.7. The average Bonchev–Trinajstić information content (AvgIpc) is 2.48. The van der Waals surface area contributed by atoms with Crippen LogP contribution in [-0.2, 0) is 10.0 Å². The van der Waals surface area contributed by atoms with E-state index in [1.807, 2.05) is 0 Å². The van der Waals surface area contributed by atoms with E-state index in [2.05, 4.69) is 0 Å². The predicted octanol–water partition coefficient (Wildman–Crippen LogP) is 0.959. The maximum Gasteiger partial charge on any atom is 0.269 e. The molecule has 98 valence electrons. The summed E-state index contributed by atoms with van der Waals surface area (Å²) in [6.07, 6.45) is 0.423. The van der Waals surface area contributed by atoms with Gasteiger partial charge in [0.05, 0.1) is 11.1 Å². The van der Waals surface area contributed by atoms with Crippen molar-refractivity contribution in [2.75, 3.05) is 6.54 Å². The number of benzene rings is 1. The molecule has 0 aromatic heterocycles. The molecule has 0 saturated heterocycles. The Morgan fingerprint density at radius 1 is 1.28 bits per heavy atom. The molecule has 0 radical (unpaired) electrons. The summed E-state index contributed by atoms with van der Waals surface area (Å²) in [5, 5.41) is 0. The lowest BCUT2D eigenvalue weighted by Crippen LogP contribution is -2.48. The molecule has 2 rings (SSSR count). The number of sulfonamides is 1. The van der Waals surface area contributed by atoms with Gasteiger partial charge in [-0.2, -0.15) is 0 Å². The van der Waals surface area contributed by atoms with Crippen molar-refractivity contribution in [3.63, 3.8) is 0 Å². The molecule has 1 aliphatic rings. The van der Waals surface area contributed by atoms with Crippen LogP contribution in [0, 0.1) is 0 Å². The fraction of sp³-hybridized carbons (Fsp3) is 0.417. The van der Waals surface area contributed by atoms with Crippen molar-refractivity contribution < 1.29 is 13.2 Å². The molecule has 0 bridgehead atoms. The molecule has 1 amide bonds. The van der Waals surface area contributed by atoms with Crippen molar-refractivity contribution in [3.05, 3.63) is 29.8 Å². The Kier molecular flexibility index (Phi) is 2.95. The number of fused-ring (bicyclic) bond motifs is 1. The molecule has 0 fully saturated rings. The molecule has 0 spiro atoms. The van der Waals surface area contributed by atoms with Gasteiger partial charge in [0.2, 0.25) is 0 Å². The van der Waals surface area contributed by atoms with Crippen LogP contribution in [0.15, 0.2) is 29.2 Å². The zero-order valence-corrected chi connectivity index (χ0v) is 11.2. The van der Waals surface area contributed by atoms with E-state index in [1.165, 1.54) is 12.1 Å². The quantitative estimate of drug-likeness (QED) is 0.885. The number of amides is 1. The normalized spacial score (nSPS) is 17.9. The van der Waals surface area contributed by atoms with Crippen molar-refractivity contribution >= 4 is 15.9 Å². The van der Waals surface area contributed by atoms with Crippen molar-refractivity contribution in [2.45, 2.75) is 30.7 Å². The second kappa shape index (κ2) is 4.07. The van der Waals surface area contributed by atoms with Gasteiger partial charge in [0.25, 0.3) is 15.9 Å². The van der Waals surface area contributed by atoms with Gasteiger partial charge in [0.1, 0.15) is 4.90 Å². The SMILES string of the molecule is CC(C)(CCN)N1C(=O)c2ccccc2S1(=O)=O. The van der Waals surface area contributed by atoms with Crippen LogP contribution >= 0.6 is 0 Å². The summed E-state index contributed by atoms with van der Waals surface area (Å²) in [7, 11) is -3.75. The molecule has 1 aromatic rings. The largest absolute Gasteiger partial charge is 0.330 e. The summed E-state index contributed by atoms with van der Waals surface area (Å²) in [6.45, 7) is 3.74. The molecule has 0 atom stereocenters. The van der Waals surface area contributed by atoms with Gasteiger partial charge in [-0.15, -0.1) is 0 Å². The van der Waals surface area contributed by atoms with Crippen molar-refractivity contribution in [1.82, 2.24) is 4.31 Å². The summed E-state index contributed by atoms with van der Waals surface area (Å²) in [4.78, 5) is 12.3. The van der Waals surface area contributed by atoms with Crippen LogP contribution in [0.4, 0.5) is 0 Å². The monoisotopic (exact) mass is 268 g/mol. The van der Waals surface area contributed by atoms with Crippen LogP contribution in [0.5, 0.6) is 0 Å². The van der Waals surface area contributed by atoms with E-state index >= 15 is 0 Å². The smallest absolute Gasteiger partial charge is 0.269 e. The third-order valence-electron chi connectivity index (χ3n) is 3.13. The highest BCUT2D eigenvalue weighted by atomic mass is 32.2. The minimum absolute atomic E-state index is 0.0834. The number of hydrogen-bond acceptors (Lipinski definition) is 4. The Bertz CT molecular complexity index is 593. The maximum atomic E-state index is 12.4. The van der Waals surface area contributed by atoms with Crippen LogP contribution in [0.1, 0.15) is 30.6 Å². The standard InChI is InChI=1S/C12H16N2O3S/c1-12(2,7-8-13)14-11(15)9-5-3-4-6-10(9)18(14,16)17/h3-6H,7-8,13H2,1-2H3. The molecule has 6 heteroatoms. The summed E-state index contributed by atoms with van der Waals surface area (Å²) in [5.41, 5.74) is 4.91. The summed E-state index contributed by atoms with van der Waals surface area (Å²) in [5.74, 6) is -0.468. The zero-order valence-electron chi connectivity index (χ0n) is 10.4. The van der Waals surface area contributed by atoms with Crippen LogP contribution in [0.25, 0.3) is 0 Å². The first-order chi connectivity index (χ1) is 8.32. The van der Waals surface area contributed by atoms with Gasteiger partial charge < -0.3 is 5.73 Å². The maximum absolute atomic E-state index is 12.4. The summed E-state index contributed by atoms with van der Waals surface area (Å²) in [6, 6.07) is 6.27. The third kappa shape index (κ3) is 1.72. The number of rotatable bonds is 3. The second-order valence-electron chi connectivity index (χ2n) is 4.92. The molecule has 2 N–H and O–H groups in total. The van der Waals surface area contributed by atoms with Crippen LogP contribution < -0.4 is 5.73 Å². The van der Waals surface area contributed by atoms with E-state index < -0.39 is 21.5 Å². The Hall–Kier alpha value is -1.40. The van der Waals surface area contributed by atoms with Crippen LogP contribution in [-0.4, -0.2) is 30.7 Å². The molecule has 1 aromatic carbocycles. The van der Waals surface area contributed by atoms with E-state index in [4.69, 9.17) is 5.73 Å². The average molecular weight is 268 g/mol. The lowest BCUT2D eigenvalue weighted by Gasteiger charge is -2.33. The lowest BCUT2D eigenvalue weighted by molar-refractivity contribution is 0.0764. The fourth-order valence-electron chi connectivity index (χ4n) is 2.24. The van der Waals surface area contributed by atoms with E-state index in [1.54, 1.807) is 26.0 Å². The minimum atomic E-state index is -3.75. The summed E-state index contributed by atoms with van der Waals surface area (Å²) >= 11 is 0. The first-order valence-corrected chi connectivity index (χ1v) is 7.15. The Labute approximate surface area is 107 Å². The van der Waals surface area contributed by atoms with Gasteiger partial charge in [-0.05, 0) is 38.9 Å². The molecular weight excluding hydrogens is 252 g/mol. The molecule has 5 nitrogen and oxygen atoms in total. The molecule has 0 aliphatic carbocycles. The zero-order chi connectivity index (χ0) is 13.6. The highest BCUT2D eigenvalue weighted by Gasteiger charge is 2.47. The number of carbonyl (C=O) groups is 1. The fourth-order valence-corrected chi connectivity index (χ4v) is 4.18. The first kappa shape index (κ1) is 13.0. The number of hydrogen-bond donors (Lipinski definition) is 1. The number of carbonyl (C=O) groups excluding carboxylic acids is 1. The lowest BCUT2D eigenvalue weighted by atomic mass is 10.00. The molecule has 0 saturated carbocycles. The molecule has 1 heterocycles. The highest BCUT2D eigenvalue weighted by Crippen LogP contribution is 2.36. The molecule has 1 aliphatic heterocycles. The van der Waals surface area contributed by atoms with Crippen LogP contribution in [0.2, 0.25) is 0 Å². The van der Waals surface area contributed by atoms with Crippen LogP contribution in [0.3, 0.4) is 0 Å². The number of nitrogens with zero attached hydrogens (tertiary/aromatic N) is 1. The van der Waals surface area contributed by atoms with Gasteiger partial charge in [-0.1, -0.05) is 12.1 Å². The van der Waals surface area contributed by atoms with Gasteiger partial charge in [0, 0.05) is 0 Å². The third-order valence-corrected chi connectivity index (χ3v) is 5.18. The van der Waals surface area contributed by atoms with Crippen molar-refractivity contribution in [1.29, 1.82) is 0 Å². The Morgan fingerprint density at radius 3 is 2.44 bits per heavy atom. The minimum Gasteiger partial charge on any atom is -0.330 e. The molecule has 0 unspecified atom stereocenters. The number of nitrogens with two attached hydrogens (primary N) is 1. The van der Waals surface area contributed by atoms with Gasteiger partial charge in [-0.3, -0.25) is 4.79 Å². The van der Waals surface area contributed by atoms with E-state index in [0.717, 1.165) is 4.31 Å². The Balaban J connectivity index is 2.59. The molecule has 18 heavy (non-hydrogen) atoms.